The van der Waals surface area contributed by atoms with Crippen molar-refractivity contribution in [2.24, 2.45) is 0 Å². The van der Waals surface area contributed by atoms with E-state index in [0.29, 0.717) is 28.6 Å². The van der Waals surface area contributed by atoms with Crippen molar-refractivity contribution in [1.82, 2.24) is 9.97 Å². The molecule has 3 aromatic carbocycles. The van der Waals surface area contributed by atoms with Gasteiger partial charge in [-0.2, -0.15) is 5.26 Å². The van der Waals surface area contributed by atoms with Crippen LogP contribution in [0.15, 0.2) is 82.7 Å². The van der Waals surface area contributed by atoms with Crippen molar-refractivity contribution in [3.05, 3.63) is 106 Å². The van der Waals surface area contributed by atoms with Crippen molar-refractivity contribution in [2.45, 2.75) is 30.2 Å². The first kappa shape index (κ1) is 19.9. The van der Waals surface area contributed by atoms with Gasteiger partial charge in [0.2, 0.25) is 0 Å². The van der Waals surface area contributed by atoms with Gasteiger partial charge in [0.05, 0.1) is 11.8 Å². The number of thioether (sulfide) groups is 1. The van der Waals surface area contributed by atoms with Crippen LogP contribution in [-0.4, -0.2) is 9.97 Å². The molecule has 0 amide bonds. The predicted octanol–water partition coefficient (Wildman–Crippen LogP) is 5.43. The number of rotatable bonds is 6. The number of nitriles is 1. The molecule has 0 spiro atoms. The van der Waals surface area contributed by atoms with Crippen molar-refractivity contribution < 1.29 is 0 Å². The molecule has 0 aliphatic heterocycles. The molecule has 0 bridgehead atoms. The molecular weight excluding hydrogens is 390 g/mol. The van der Waals surface area contributed by atoms with E-state index in [1.165, 1.54) is 11.8 Å². The van der Waals surface area contributed by atoms with Crippen LogP contribution in [0.25, 0.3) is 10.8 Å². The van der Waals surface area contributed by atoms with E-state index in [4.69, 9.17) is 4.98 Å². The monoisotopic (exact) mass is 411 g/mol. The fourth-order valence-electron chi connectivity index (χ4n) is 3.65. The van der Waals surface area contributed by atoms with Crippen LogP contribution in [0.1, 0.15) is 35.2 Å². The number of aromatic amines is 1. The van der Waals surface area contributed by atoms with Gasteiger partial charge in [-0.1, -0.05) is 91.5 Å². The molecular formula is C25H21N3OS. The molecule has 1 heterocycles. The normalized spacial score (nSPS) is 11.9. The number of aromatic nitrogens is 2. The summed E-state index contributed by atoms with van der Waals surface area (Å²) < 4.78 is 0. The molecule has 30 heavy (non-hydrogen) atoms. The average molecular weight is 412 g/mol. The van der Waals surface area contributed by atoms with Crippen molar-refractivity contribution in [3.8, 4) is 6.07 Å². The number of hydrogen-bond donors (Lipinski definition) is 1. The Bertz CT molecular complexity index is 1270. The first-order valence-electron chi connectivity index (χ1n) is 9.88. The van der Waals surface area contributed by atoms with E-state index < -0.39 is 5.92 Å². The van der Waals surface area contributed by atoms with Crippen molar-refractivity contribution in [3.63, 3.8) is 0 Å². The van der Waals surface area contributed by atoms with Crippen molar-refractivity contribution in [1.29, 1.82) is 5.26 Å². The lowest BCUT2D eigenvalue weighted by Gasteiger charge is -2.16. The predicted molar refractivity (Wildman–Crippen MR) is 122 cm³/mol. The van der Waals surface area contributed by atoms with Crippen LogP contribution in [0.3, 0.4) is 0 Å². The maximum Gasteiger partial charge on any atom is 0.255 e. The van der Waals surface area contributed by atoms with E-state index in [1.807, 2.05) is 79.7 Å². The van der Waals surface area contributed by atoms with Gasteiger partial charge in [-0.3, -0.25) is 4.79 Å². The number of hydrogen-bond acceptors (Lipinski definition) is 4. The summed E-state index contributed by atoms with van der Waals surface area (Å²) in [6.45, 7) is 1.92. The third kappa shape index (κ3) is 4.00. The molecule has 4 aromatic rings. The van der Waals surface area contributed by atoms with Crippen LogP contribution in [0, 0.1) is 11.3 Å². The van der Waals surface area contributed by atoms with Crippen LogP contribution in [0.4, 0.5) is 0 Å². The van der Waals surface area contributed by atoms with E-state index >= 15 is 0 Å². The van der Waals surface area contributed by atoms with Crippen LogP contribution < -0.4 is 5.56 Å². The molecule has 4 rings (SSSR count). The van der Waals surface area contributed by atoms with Crippen LogP contribution >= 0.6 is 11.8 Å². The zero-order valence-corrected chi connectivity index (χ0v) is 17.4. The minimum atomic E-state index is -0.607. The summed E-state index contributed by atoms with van der Waals surface area (Å²) in [5.41, 5.74) is 2.98. The fourth-order valence-corrected chi connectivity index (χ4v) is 4.47. The van der Waals surface area contributed by atoms with Gasteiger partial charge in [0.25, 0.3) is 5.56 Å². The van der Waals surface area contributed by atoms with E-state index in [-0.39, 0.29) is 5.56 Å². The molecule has 5 heteroatoms. The molecule has 1 aromatic heterocycles. The van der Waals surface area contributed by atoms with Crippen LogP contribution in [0.5, 0.6) is 0 Å². The van der Waals surface area contributed by atoms with Crippen molar-refractivity contribution in [2.75, 3.05) is 0 Å². The summed E-state index contributed by atoms with van der Waals surface area (Å²) in [7, 11) is 0. The topological polar surface area (TPSA) is 69.5 Å². The van der Waals surface area contributed by atoms with Gasteiger partial charge in [0.15, 0.2) is 5.16 Å². The smallest absolute Gasteiger partial charge is 0.255 e. The second-order valence-corrected chi connectivity index (χ2v) is 7.96. The highest BCUT2D eigenvalue weighted by Crippen LogP contribution is 2.31. The van der Waals surface area contributed by atoms with Gasteiger partial charge in [0.1, 0.15) is 5.92 Å². The Balaban J connectivity index is 1.78. The first-order chi connectivity index (χ1) is 14.7. The SMILES string of the molecule is CCc1c(C(C#N)c2cccc3ccccc23)nc(SCc2ccccc2)[nH]c1=O. The fraction of sp³-hybridized carbons (Fsp3) is 0.160. The lowest BCUT2D eigenvalue weighted by molar-refractivity contribution is 0.809. The van der Waals surface area contributed by atoms with Gasteiger partial charge in [0, 0.05) is 11.3 Å². The standard InChI is InChI=1S/C25H21N3OS/c1-2-19-23(22(15-26)21-14-8-12-18-11-6-7-13-20(18)21)27-25(28-24(19)29)30-16-17-9-4-3-5-10-17/h3-14,22H,2,16H2,1H3,(H,27,28,29). The number of benzene rings is 3. The maximum atomic E-state index is 12.8. The van der Waals surface area contributed by atoms with Gasteiger partial charge in [-0.25, -0.2) is 4.98 Å². The van der Waals surface area contributed by atoms with Gasteiger partial charge in [-0.15, -0.1) is 0 Å². The highest BCUT2D eigenvalue weighted by atomic mass is 32.2. The average Bonchev–Trinajstić information content (AvgIpc) is 2.79. The summed E-state index contributed by atoms with van der Waals surface area (Å²) in [5.74, 6) is 0.0876. The minimum absolute atomic E-state index is 0.168. The van der Waals surface area contributed by atoms with Crippen LogP contribution in [-0.2, 0) is 12.2 Å². The molecule has 148 valence electrons. The quantitative estimate of drug-likeness (QED) is 0.339. The Kier molecular flexibility index (Phi) is 5.97. The van der Waals surface area contributed by atoms with E-state index in [0.717, 1.165) is 21.9 Å². The lowest BCUT2D eigenvalue weighted by atomic mass is 9.89. The van der Waals surface area contributed by atoms with E-state index in [2.05, 4.69) is 11.1 Å². The summed E-state index contributed by atoms with van der Waals surface area (Å²) in [6.07, 6.45) is 0.518. The molecule has 1 N–H and O–H groups in total. The second kappa shape index (κ2) is 8.98. The number of fused-ring (bicyclic) bond motifs is 1. The highest BCUT2D eigenvalue weighted by Gasteiger charge is 2.23. The third-order valence-electron chi connectivity index (χ3n) is 5.13. The first-order valence-corrected chi connectivity index (χ1v) is 10.9. The molecule has 0 aliphatic carbocycles. The molecule has 1 atom stereocenters. The zero-order valence-electron chi connectivity index (χ0n) is 16.6. The van der Waals surface area contributed by atoms with Gasteiger partial charge in [-0.05, 0) is 28.3 Å². The molecule has 4 nitrogen and oxygen atoms in total. The Morgan fingerprint density at radius 1 is 1.03 bits per heavy atom. The Morgan fingerprint density at radius 3 is 2.53 bits per heavy atom. The third-order valence-corrected chi connectivity index (χ3v) is 6.08. The van der Waals surface area contributed by atoms with E-state index in [1.54, 1.807) is 0 Å². The largest absolute Gasteiger partial charge is 0.301 e. The molecule has 1 unspecified atom stereocenters. The number of H-pyrrole nitrogens is 1. The highest BCUT2D eigenvalue weighted by molar-refractivity contribution is 7.98. The molecule has 0 radical (unpaired) electrons. The summed E-state index contributed by atoms with van der Waals surface area (Å²) >= 11 is 1.47. The second-order valence-electron chi connectivity index (χ2n) is 6.99. The van der Waals surface area contributed by atoms with Crippen molar-refractivity contribution >= 4 is 22.5 Å². The zero-order chi connectivity index (χ0) is 20.9. The summed E-state index contributed by atoms with van der Waals surface area (Å²) in [5, 5.41) is 12.7. The maximum absolute atomic E-state index is 12.8. The Hall–Kier alpha value is -3.36. The van der Waals surface area contributed by atoms with Crippen LogP contribution in [0.2, 0.25) is 0 Å². The van der Waals surface area contributed by atoms with Gasteiger partial charge >= 0.3 is 0 Å². The molecule has 0 saturated carbocycles. The Labute approximate surface area is 179 Å². The van der Waals surface area contributed by atoms with E-state index in [9.17, 15) is 10.1 Å². The minimum Gasteiger partial charge on any atom is -0.301 e. The number of nitrogens with zero attached hydrogens (tertiary/aromatic N) is 2. The Morgan fingerprint density at radius 2 is 1.77 bits per heavy atom. The summed E-state index contributed by atoms with van der Waals surface area (Å²) in [4.78, 5) is 20.5. The molecule has 0 saturated heterocycles. The van der Waals surface area contributed by atoms with Gasteiger partial charge < -0.3 is 4.98 Å². The lowest BCUT2D eigenvalue weighted by Crippen LogP contribution is -2.20. The summed E-state index contributed by atoms with van der Waals surface area (Å²) in [6, 6.07) is 26.4. The molecule has 0 aliphatic rings. The molecule has 0 fully saturated rings. The number of nitrogens with one attached hydrogen (secondary N) is 1.